The molecule has 65 heavy (non-hydrogen) atoms. The second-order valence-electron chi connectivity index (χ2n) is 20.4. The Balaban J connectivity index is 4.51. The Morgan fingerprint density at radius 2 is 0.738 bits per heavy atom. The maximum atomic E-state index is 13.3. The van der Waals surface area contributed by atoms with Gasteiger partial charge in [-0.3, -0.25) is 9.59 Å². The second kappa shape index (κ2) is 53.6. The summed E-state index contributed by atoms with van der Waals surface area (Å²) in [5.74, 6) is -0.454. The lowest BCUT2D eigenvalue weighted by Crippen LogP contribution is -2.46. The van der Waals surface area contributed by atoms with Crippen molar-refractivity contribution in [2.45, 2.75) is 347 Å². The van der Waals surface area contributed by atoms with Crippen molar-refractivity contribution in [2.75, 3.05) is 6.61 Å². The maximum Gasteiger partial charge on any atom is 0.306 e. The molecule has 0 saturated heterocycles. The van der Waals surface area contributed by atoms with Crippen LogP contribution >= 0.6 is 0 Å². The molecular weight excluding hydrogens is 803 g/mol. The van der Waals surface area contributed by atoms with Crippen LogP contribution in [0.1, 0.15) is 329 Å². The van der Waals surface area contributed by atoms with Crippen LogP contribution in [0.25, 0.3) is 0 Å². The Labute approximate surface area is 406 Å². The summed E-state index contributed by atoms with van der Waals surface area (Å²) in [7, 11) is 0. The number of unbranched alkanes of at least 4 members (excludes halogenated alkanes) is 40. The van der Waals surface area contributed by atoms with E-state index in [1.807, 2.05) is 0 Å². The number of hydrogen-bond donors (Lipinski definition) is 3. The molecule has 0 saturated carbocycles. The van der Waals surface area contributed by atoms with E-state index in [0.29, 0.717) is 19.3 Å². The van der Waals surface area contributed by atoms with Gasteiger partial charge in [-0.1, -0.05) is 277 Å². The lowest BCUT2D eigenvalue weighted by Gasteiger charge is -2.24. The van der Waals surface area contributed by atoms with Gasteiger partial charge < -0.3 is 20.3 Å². The van der Waals surface area contributed by atoms with Crippen LogP contribution in [-0.4, -0.2) is 46.9 Å². The van der Waals surface area contributed by atoms with E-state index in [2.05, 4.69) is 38.2 Å². The molecular formula is C59H115NO5. The Morgan fingerprint density at radius 3 is 1.09 bits per heavy atom. The van der Waals surface area contributed by atoms with E-state index in [1.165, 1.54) is 231 Å². The number of nitrogens with one attached hydrogen (secondary N) is 1. The minimum atomic E-state index is -0.783. The number of aliphatic hydroxyl groups excluding tert-OH is 2. The van der Waals surface area contributed by atoms with Crippen LogP contribution in [0.2, 0.25) is 0 Å². The highest BCUT2D eigenvalue weighted by atomic mass is 16.5. The number of carbonyl (C=O) groups is 2. The molecule has 0 aliphatic carbocycles. The first kappa shape index (κ1) is 63.6. The molecule has 1 amide bonds. The summed E-state index contributed by atoms with van der Waals surface area (Å²) in [6, 6.07) is -0.697. The topological polar surface area (TPSA) is 95.9 Å². The summed E-state index contributed by atoms with van der Waals surface area (Å²) >= 11 is 0. The zero-order valence-corrected chi connectivity index (χ0v) is 44.2. The van der Waals surface area contributed by atoms with Crippen molar-refractivity contribution < 1.29 is 24.5 Å². The molecule has 0 aromatic heterocycles. The molecule has 3 unspecified atom stereocenters. The first-order valence-electron chi connectivity index (χ1n) is 29.4. The number of hydrogen-bond acceptors (Lipinski definition) is 5. The lowest BCUT2D eigenvalue weighted by molar-refractivity contribution is -0.151. The first-order valence-corrected chi connectivity index (χ1v) is 29.4. The molecule has 3 N–H and O–H groups in total. The number of rotatable bonds is 54. The van der Waals surface area contributed by atoms with E-state index in [1.54, 1.807) is 0 Å². The van der Waals surface area contributed by atoms with Crippen molar-refractivity contribution in [3.8, 4) is 0 Å². The number of ether oxygens (including phenoxy) is 1. The fourth-order valence-corrected chi connectivity index (χ4v) is 9.37. The maximum absolute atomic E-state index is 13.3. The van der Waals surface area contributed by atoms with Gasteiger partial charge in [0.15, 0.2) is 0 Å². The van der Waals surface area contributed by atoms with Crippen molar-refractivity contribution in [1.29, 1.82) is 0 Å². The average molecular weight is 919 g/mol. The molecule has 0 heterocycles. The molecule has 0 fully saturated rings. The van der Waals surface area contributed by atoms with Crippen LogP contribution < -0.4 is 5.32 Å². The zero-order valence-electron chi connectivity index (χ0n) is 44.2. The highest BCUT2D eigenvalue weighted by Crippen LogP contribution is 2.19. The van der Waals surface area contributed by atoms with Gasteiger partial charge in [-0.2, -0.15) is 0 Å². The summed E-state index contributed by atoms with van der Waals surface area (Å²) in [5, 5.41) is 23.9. The average Bonchev–Trinajstić information content (AvgIpc) is 3.30. The Bertz CT molecular complexity index is 986. The molecule has 3 atom stereocenters. The van der Waals surface area contributed by atoms with Gasteiger partial charge in [0.05, 0.1) is 25.2 Å². The summed E-state index contributed by atoms with van der Waals surface area (Å²) in [6.45, 7) is 6.52. The molecule has 0 bridgehead atoms. The summed E-state index contributed by atoms with van der Waals surface area (Å²) < 4.78 is 5.97. The molecule has 6 heteroatoms. The smallest absolute Gasteiger partial charge is 0.306 e. The molecule has 0 aliphatic heterocycles. The van der Waals surface area contributed by atoms with E-state index in [4.69, 9.17) is 4.74 Å². The van der Waals surface area contributed by atoms with Crippen molar-refractivity contribution in [3.63, 3.8) is 0 Å². The number of carbonyl (C=O) groups excluding carboxylic acids is 2. The lowest BCUT2D eigenvalue weighted by atomic mass is 10.0. The fraction of sp³-hybridized carbons (Fsp3) is 0.932. The number of aliphatic hydroxyl groups is 2. The van der Waals surface area contributed by atoms with Crippen LogP contribution in [-0.2, 0) is 14.3 Å². The van der Waals surface area contributed by atoms with Crippen molar-refractivity contribution >= 4 is 11.9 Å². The highest BCUT2D eigenvalue weighted by Gasteiger charge is 2.24. The summed E-state index contributed by atoms with van der Waals surface area (Å²) in [6.07, 6.45) is 61.3. The largest absolute Gasteiger partial charge is 0.462 e. The van der Waals surface area contributed by atoms with Gasteiger partial charge in [0, 0.05) is 6.42 Å². The molecule has 0 aromatic carbocycles. The van der Waals surface area contributed by atoms with Gasteiger partial charge in [0.2, 0.25) is 5.91 Å². The third kappa shape index (κ3) is 48.9. The minimum absolute atomic E-state index is 0.0823. The van der Waals surface area contributed by atoms with E-state index in [9.17, 15) is 19.8 Å². The SMILES string of the molecule is CCCCCCCC/C=C/CCCCCCCCCC(CC(=O)NC(CO)C(O)CCCCCCCCCCCCCC)OC(=O)CCCCCCCCCCCCCCCCCCC. The molecule has 0 aromatic rings. The van der Waals surface area contributed by atoms with E-state index >= 15 is 0 Å². The Kier molecular flexibility index (Phi) is 52.4. The highest BCUT2D eigenvalue weighted by molar-refractivity contribution is 5.77. The monoisotopic (exact) mass is 918 g/mol. The molecule has 0 rings (SSSR count). The summed E-state index contributed by atoms with van der Waals surface area (Å²) in [5.41, 5.74) is 0. The van der Waals surface area contributed by atoms with E-state index in [-0.39, 0.29) is 24.9 Å². The normalized spacial score (nSPS) is 13.1. The zero-order chi connectivity index (χ0) is 47.4. The second-order valence-corrected chi connectivity index (χ2v) is 20.4. The molecule has 6 nitrogen and oxygen atoms in total. The van der Waals surface area contributed by atoms with Gasteiger partial charge in [-0.15, -0.1) is 0 Å². The van der Waals surface area contributed by atoms with Crippen molar-refractivity contribution in [3.05, 3.63) is 12.2 Å². The van der Waals surface area contributed by atoms with E-state index < -0.39 is 18.2 Å². The molecule has 0 aliphatic rings. The van der Waals surface area contributed by atoms with Crippen LogP contribution in [0.15, 0.2) is 12.2 Å². The van der Waals surface area contributed by atoms with E-state index in [0.717, 1.165) is 51.4 Å². The fourth-order valence-electron chi connectivity index (χ4n) is 9.37. The molecule has 0 spiro atoms. The van der Waals surface area contributed by atoms with Crippen LogP contribution in [0, 0.1) is 0 Å². The number of amides is 1. The number of esters is 1. The predicted octanol–water partition coefficient (Wildman–Crippen LogP) is 18.1. The van der Waals surface area contributed by atoms with Crippen LogP contribution in [0.5, 0.6) is 0 Å². The Morgan fingerprint density at radius 1 is 0.431 bits per heavy atom. The third-order valence-electron chi connectivity index (χ3n) is 13.8. The van der Waals surface area contributed by atoms with Gasteiger partial charge >= 0.3 is 5.97 Å². The first-order chi connectivity index (χ1) is 32.0. The van der Waals surface area contributed by atoms with Crippen LogP contribution in [0.3, 0.4) is 0 Å². The van der Waals surface area contributed by atoms with Crippen LogP contribution in [0.4, 0.5) is 0 Å². The van der Waals surface area contributed by atoms with Gasteiger partial charge in [-0.25, -0.2) is 0 Å². The predicted molar refractivity (Wildman–Crippen MR) is 283 cm³/mol. The van der Waals surface area contributed by atoms with Gasteiger partial charge in [-0.05, 0) is 51.4 Å². The standard InChI is InChI=1S/C59H115NO5/c1-4-7-10-13-16-19-22-25-27-29-31-33-35-38-41-44-47-50-55(65-59(64)52-49-46-43-40-37-34-32-30-28-26-23-20-17-14-11-8-5-2)53-58(63)60-56(54-61)57(62)51-48-45-42-39-36-24-21-18-15-12-9-6-3/h25,27,55-57,61-62H,4-24,26,28-54H2,1-3H3,(H,60,63)/b27-25+. The van der Waals surface area contributed by atoms with Crippen molar-refractivity contribution in [1.82, 2.24) is 5.32 Å². The number of allylic oxidation sites excluding steroid dienone is 2. The van der Waals surface area contributed by atoms with Crippen molar-refractivity contribution in [2.24, 2.45) is 0 Å². The quantitative estimate of drug-likeness (QED) is 0.0321. The third-order valence-corrected chi connectivity index (χ3v) is 13.8. The summed E-state index contributed by atoms with van der Waals surface area (Å²) in [4.78, 5) is 26.3. The molecule has 0 radical (unpaired) electrons. The van der Waals surface area contributed by atoms with Gasteiger partial charge in [0.25, 0.3) is 0 Å². The Hall–Kier alpha value is -1.40. The minimum Gasteiger partial charge on any atom is -0.462 e. The van der Waals surface area contributed by atoms with Gasteiger partial charge in [0.1, 0.15) is 6.10 Å². The molecule has 386 valence electrons.